The third-order valence-electron chi connectivity index (χ3n) is 3.25. The zero-order valence-corrected chi connectivity index (χ0v) is 10.2. The summed E-state index contributed by atoms with van der Waals surface area (Å²) in [5.74, 6) is 0.765. The van der Waals surface area contributed by atoms with Crippen molar-refractivity contribution >= 4 is 0 Å². The van der Waals surface area contributed by atoms with Gasteiger partial charge in [-0.2, -0.15) is 0 Å². The molecule has 0 bridgehead atoms. The summed E-state index contributed by atoms with van der Waals surface area (Å²) in [7, 11) is 0. The molecule has 0 aliphatic heterocycles. The molecule has 1 heteroatoms. The van der Waals surface area contributed by atoms with Crippen molar-refractivity contribution in [3.8, 4) is 0 Å². The number of nitrogens with two attached hydrogens (primary N) is 1. The molecule has 1 aromatic carbocycles. The second kappa shape index (κ2) is 5.92. The molecule has 1 aromatic rings. The van der Waals surface area contributed by atoms with Crippen molar-refractivity contribution < 1.29 is 0 Å². The van der Waals surface area contributed by atoms with Crippen molar-refractivity contribution in [3.05, 3.63) is 35.4 Å². The fourth-order valence-electron chi connectivity index (χ4n) is 1.93. The first kappa shape index (κ1) is 12.3. The Kier molecular flexibility index (Phi) is 4.83. The SMILES string of the molecule is CCC(CC)C[C@H](N)c1ccc(C)cc1. The van der Waals surface area contributed by atoms with E-state index in [4.69, 9.17) is 5.73 Å². The maximum atomic E-state index is 6.20. The Hall–Kier alpha value is -0.820. The first-order valence-electron chi connectivity index (χ1n) is 5.99. The van der Waals surface area contributed by atoms with E-state index in [-0.39, 0.29) is 6.04 Å². The van der Waals surface area contributed by atoms with Crippen molar-refractivity contribution in [1.29, 1.82) is 0 Å². The van der Waals surface area contributed by atoms with Crippen LogP contribution in [0, 0.1) is 12.8 Å². The molecule has 0 aliphatic rings. The number of hydrogen-bond acceptors (Lipinski definition) is 1. The van der Waals surface area contributed by atoms with Crippen LogP contribution in [0.15, 0.2) is 24.3 Å². The Morgan fingerprint density at radius 1 is 1.07 bits per heavy atom. The molecular formula is C14H23N. The Balaban J connectivity index is 2.60. The summed E-state index contributed by atoms with van der Waals surface area (Å²) in [4.78, 5) is 0. The molecule has 0 aromatic heterocycles. The molecule has 0 aliphatic carbocycles. The molecule has 84 valence electrons. The van der Waals surface area contributed by atoms with Gasteiger partial charge < -0.3 is 5.73 Å². The van der Waals surface area contributed by atoms with E-state index in [1.54, 1.807) is 0 Å². The van der Waals surface area contributed by atoms with E-state index in [1.807, 2.05) is 0 Å². The fraction of sp³-hybridized carbons (Fsp3) is 0.571. The lowest BCUT2D eigenvalue weighted by Gasteiger charge is -2.18. The normalized spacial score (nSPS) is 13.1. The zero-order chi connectivity index (χ0) is 11.3. The Morgan fingerprint density at radius 2 is 1.60 bits per heavy atom. The second-order valence-electron chi connectivity index (χ2n) is 4.44. The highest BCUT2D eigenvalue weighted by molar-refractivity contribution is 5.23. The fourth-order valence-corrected chi connectivity index (χ4v) is 1.93. The van der Waals surface area contributed by atoms with Gasteiger partial charge in [0.2, 0.25) is 0 Å². The summed E-state index contributed by atoms with van der Waals surface area (Å²) < 4.78 is 0. The molecule has 0 saturated carbocycles. The number of hydrogen-bond donors (Lipinski definition) is 1. The molecule has 0 heterocycles. The molecule has 1 rings (SSSR count). The molecule has 15 heavy (non-hydrogen) atoms. The van der Waals surface area contributed by atoms with Gasteiger partial charge in [0.05, 0.1) is 0 Å². The van der Waals surface area contributed by atoms with Crippen LogP contribution in [0.3, 0.4) is 0 Å². The summed E-state index contributed by atoms with van der Waals surface area (Å²) in [5, 5.41) is 0. The van der Waals surface area contributed by atoms with E-state index in [0.717, 1.165) is 12.3 Å². The predicted molar refractivity (Wildman–Crippen MR) is 66.8 cm³/mol. The van der Waals surface area contributed by atoms with Gasteiger partial charge in [-0.3, -0.25) is 0 Å². The molecule has 0 unspecified atom stereocenters. The van der Waals surface area contributed by atoms with Crippen molar-refractivity contribution in [3.63, 3.8) is 0 Å². The maximum Gasteiger partial charge on any atom is 0.0297 e. The maximum absolute atomic E-state index is 6.20. The number of benzene rings is 1. The van der Waals surface area contributed by atoms with Crippen LogP contribution in [0.4, 0.5) is 0 Å². The molecule has 1 atom stereocenters. The van der Waals surface area contributed by atoms with Gasteiger partial charge >= 0.3 is 0 Å². The Bertz CT molecular complexity index is 272. The van der Waals surface area contributed by atoms with Crippen molar-refractivity contribution in [2.45, 2.75) is 46.1 Å². The molecular weight excluding hydrogens is 182 g/mol. The lowest BCUT2D eigenvalue weighted by atomic mass is 9.91. The Morgan fingerprint density at radius 3 is 2.07 bits per heavy atom. The van der Waals surface area contributed by atoms with E-state index in [1.165, 1.54) is 24.0 Å². The third-order valence-corrected chi connectivity index (χ3v) is 3.25. The number of aryl methyl sites for hydroxylation is 1. The highest BCUT2D eigenvalue weighted by Crippen LogP contribution is 2.23. The lowest BCUT2D eigenvalue weighted by molar-refractivity contribution is 0.414. The van der Waals surface area contributed by atoms with Gasteiger partial charge in [0.1, 0.15) is 0 Å². The topological polar surface area (TPSA) is 26.0 Å². The second-order valence-corrected chi connectivity index (χ2v) is 4.44. The summed E-state index contributed by atoms with van der Waals surface area (Å²) in [6.07, 6.45) is 3.57. The van der Waals surface area contributed by atoms with Crippen molar-refractivity contribution in [2.24, 2.45) is 11.7 Å². The molecule has 0 spiro atoms. The highest BCUT2D eigenvalue weighted by atomic mass is 14.6. The average Bonchev–Trinajstić information content (AvgIpc) is 2.26. The van der Waals surface area contributed by atoms with E-state index < -0.39 is 0 Å². The third kappa shape index (κ3) is 3.67. The standard InChI is InChI=1S/C14H23N/c1-4-12(5-2)10-14(15)13-8-6-11(3)7-9-13/h6-9,12,14H,4-5,10,15H2,1-3H3/t14-/m0/s1. The van der Waals surface area contributed by atoms with Gasteiger partial charge in [0.25, 0.3) is 0 Å². The van der Waals surface area contributed by atoms with Gasteiger partial charge in [-0.1, -0.05) is 56.5 Å². The minimum Gasteiger partial charge on any atom is -0.324 e. The first-order chi connectivity index (χ1) is 7.17. The summed E-state index contributed by atoms with van der Waals surface area (Å²) in [6.45, 7) is 6.60. The van der Waals surface area contributed by atoms with E-state index >= 15 is 0 Å². The zero-order valence-electron chi connectivity index (χ0n) is 10.2. The molecule has 0 fully saturated rings. The molecule has 1 nitrogen and oxygen atoms in total. The van der Waals surface area contributed by atoms with Gasteiger partial charge in [0.15, 0.2) is 0 Å². The van der Waals surface area contributed by atoms with Crippen LogP contribution in [0.25, 0.3) is 0 Å². The van der Waals surface area contributed by atoms with E-state index in [0.29, 0.717) is 0 Å². The number of rotatable bonds is 5. The van der Waals surface area contributed by atoms with Gasteiger partial charge in [-0.25, -0.2) is 0 Å². The molecule has 0 amide bonds. The van der Waals surface area contributed by atoms with Crippen LogP contribution in [0.2, 0.25) is 0 Å². The van der Waals surface area contributed by atoms with Crippen LogP contribution in [-0.2, 0) is 0 Å². The molecule has 0 radical (unpaired) electrons. The van der Waals surface area contributed by atoms with Crippen LogP contribution in [0.5, 0.6) is 0 Å². The summed E-state index contributed by atoms with van der Waals surface area (Å²) in [6, 6.07) is 8.80. The minimum absolute atomic E-state index is 0.204. The summed E-state index contributed by atoms with van der Waals surface area (Å²) >= 11 is 0. The van der Waals surface area contributed by atoms with Crippen molar-refractivity contribution in [1.82, 2.24) is 0 Å². The Labute approximate surface area is 93.7 Å². The van der Waals surface area contributed by atoms with Crippen LogP contribution < -0.4 is 5.73 Å². The smallest absolute Gasteiger partial charge is 0.0297 e. The van der Waals surface area contributed by atoms with E-state index in [2.05, 4.69) is 45.0 Å². The largest absolute Gasteiger partial charge is 0.324 e. The van der Waals surface area contributed by atoms with Crippen molar-refractivity contribution in [2.75, 3.05) is 0 Å². The highest BCUT2D eigenvalue weighted by Gasteiger charge is 2.11. The summed E-state index contributed by atoms with van der Waals surface area (Å²) in [5.41, 5.74) is 8.77. The van der Waals surface area contributed by atoms with Gasteiger partial charge in [-0.05, 0) is 24.8 Å². The molecule has 0 saturated heterocycles. The van der Waals surface area contributed by atoms with Gasteiger partial charge in [-0.15, -0.1) is 0 Å². The predicted octanol–water partition coefficient (Wildman–Crippen LogP) is 3.82. The van der Waals surface area contributed by atoms with Crippen LogP contribution >= 0.6 is 0 Å². The van der Waals surface area contributed by atoms with E-state index in [9.17, 15) is 0 Å². The molecule has 2 N–H and O–H groups in total. The monoisotopic (exact) mass is 205 g/mol. The van der Waals surface area contributed by atoms with Crippen LogP contribution in [-0.4, -0.2) is 0 Å². The van der Waals surface area contributed by atoms with Crippen LogP contribution in [0.1, 0.15) is 50.3 Å². The quantitative estimate of drug-likeness (QED) is 0.777. The average molecular weight is 205 g/mol. The van der Waals surface area contributed by atoms with Gasteiger partial charge in [0, 0.05) is 6.04 Å². The minimum atomic E-state index is 0.204. The first-order valence-corrected chi connectivity index (χ1v) is 5.99. The lowest BCUT2D eigenvalue weighted by Crippen LogP contribution is -2.14.